The summed E-state index contributed by atoms with van der Waals surface area (Å²) in [6.07, 6.45) is 0. The maximum Gasteiger partial charge on any atom is 0.317 e. The van der Waals surface area contributed by atoms with Gasteiger partial charge >= 0.3 is 12.0 Å². The quantitative estimate of drug-likeness (QED) is 0.825. The van der Waals surface area contributed by atoms with Crippen molar-refractivity contribution in [1.29, 1.82) is 0 Å². The number of carboxylic acids is 1. The van der Waals surface area contributed by atoms with E-state index in [-0.39, 0.29) is 6.03 Å². The van der Waals surface area contributed by atoms with Gasteiger partial charge in [-0.05, 0) is 39.5 Å². The van der Waals surface area contributed by atoms with Crippen LogP contribution in [0.25, 0.3) is 0 Å². The van der Waals surface area contributed by atoms with Crippen LogP contribution in [-0.2, 0) is 4.79 Å². The van der Waals surface area contributed by atoms with Gasteiger partial charge < -0.3 is 15.3 Å². The minimum Gasteiger partial charge on any atom is -0.481 e. The average Bonchev–Trinajstić information content (AvgIpc) is 2.58. The molecular formula is C14H26N2O3. The van der Waals surface area contributed by atoms with Crippen LogP contribution in [0.4, 0.5) is 4.79 Å². The molecule has 1 rings (SSSR count). The third-order valence-electron chi connectivity index (χ3n) is 4.79. The molecule has 1 heterocycles. The summed E-state index contributed by atoms with van der Waals surface area (Å²) in [5.41, 5.74) is -1.84. The normalized spacial score (nSPS) is 24.4. The number of carbonyl (C=O) groups excluding carboxylic acids is 1. The summed E-state index contributed by atoms with van der Waals surface area (Å²) in [6.45, 7) is 12.5. The molecule has 0 aromatic rings. The fraction of sp³-hybridized carbons (Fsp3) is 0.857. The predicted octanol–water partition coefficient (Wildman–Crippen LogP) is 2.17. The van der Waals surface area contributed by atoms with Crippen molar-refractivity contribution >= 4 is 12.0 Å². The van der Waals surface area contributed by atoms with Crippen molar-refractivity contribution in [1.82, 2.24) is 10.2 Å². The van der Waals surface area contributed by atoms with E-state index in [1.54, 1.807) is 32.6 Å². The van der Waals surface area contributed by atoms with E-state index in [1.807, 2.05) is 0 Å². The summed E-state index contributed by atoms with van der Waals surface area (Å²) in [5, 5.41) is 12.1. The van der Waals surface area contributed by atoms with E-state index < -0.39 is 16.9 Å². The number of aliphatic carboxylic acids is 1. The van der Waals surface area contributed by atoms with Gasteiger partial charge in [0.05, 0.1) is 11.0 Å². The number of amides is 2. The van der Waals surface area contributed by atoms with Crippen LogP contribution in [0.15, 0.2) is 0 Å². The molecule has 0 aliphatic carbocycles. The Morgan fingerprint density at radius 1 is 1.11 bits per heavy atom. The van der Waals surface area contributed by atoms with Crippen molar-refractivity contribution in [2.75, 3.05) is 13.1 Å². The third kappa shape index (κ3) is 3.01. The van der Waals surface area contributed by atoms with Gasteiger partial charge in [0.1, 0.15) is 0 Å². The van der Waals surface area contributed by atoms with Gasteiger partial charge in [-0.2, -0.15) is 0 Å². The molecule has 2 amide bonds. The van der Waals surface area contributed by atoms with Crippen molar-refractivity contribution in [2.45, 2.75) is 47.1 Å². The molecule has 2 atom stereocenters. The molecule has 5 heteroatoms. The lowest BCUT2D eigenvalue weighted by Crippen LogP contribution is -2.59. The molecule has 0 radical (unpaired) electrons. The summed E-state index contributed by atoms with van der Waals surface area (Å²) in [4.78, 5) is 25.3. The highest BCUT2D eigenvalue weighted by Crippen LogP contribution is 2.31. The predicted molar refractivity (Wildman–Crippen MR) is 73.9 cm³/mol. The Labute approximate surface area is 115 Å². The molecule has 110 valence electrons. The van der Waals surface area contributed by atoms with E-state index in [1.165, 1.54) is 0 Å². The molecule has 5 nitrogen and oxygen atoms in total. The molecule has 19 heavy (non-hydrogen) atoms. The summed E-state index contributed by atoms with van der Waals surface area (Å²) in [5.74, 6) is 0.0589. The molecule has 2 N–H and O–H groups in total. The van der Waals surface area contributed by atoms with Crippen molar-refractivity contribution < 1.29 is 14.7 Å². The number of hydrogen-bond donors (Lipinski definition) is 2. The first kappa shape index (κ1) is 15.8. The molecule has 1 saturated heterocycles. The van der Waals surface area contributed by atoms with Crippen LogP contribution < -0.4 is 5.32 Å². The van der Waals surface area contributed by atoms with Crippen molar-refractivity contribution in [3.05, 3.63) is 0 Å². The maximum atomic E-state index is 12.2. The molecule has 1 aliphatic rings. The highest BCUT2D eigenvalue weighted by Gasteiger charge is 2.45. The number of carbonyl (C=O) groups is 2. The SMILES string of the molecule is CC1CN(C(=O)NC(C)(C)C(C)(C)C(=O)O)CC1C. The zero-order valence-corrected chi connectivity index (χ0v) is 12.8. The summed E-state index contributed by atoms with van der Waals surface area (Å²) in [7, 11) is 0. The zero-order valence-electron chi connectivity index (χ0n) is 12.8. The number of hydrogen-bond acceptors (Lipinski definition) is 2. The Hall–Kier alpha value is -1.26. The molecule has 0 aromatic heterocycles. The van der Waals surface area contributed by atoms with Crippen LogP contribution in [0.3, 0.4) is 0 Å². The fourth-order valence-electron chi connectivity index (χ4n) is 2.07. The van der Waals surface area contributed by atoms with Gasteiger partial charge in [0.25, 0.3) is 0 Å². The highest BCUT2D eigenvalue weighted by molar-refractivity contribution is 5.79. The van der Waals surface area contributed by atoms with Gasteiger partial charge in [0.2, 0.25) is 0 Å². The minimum atomic E-state index is -1.03. The van der Waals surface area contributed by atoms with Crippen LogP contribution in [-0.4, -0.2) is 40.6 Å². The van der Waals surface area contributed by atoms with Gasteiger partial charge in [-0.1, -0.05) is 13.8 Å². The Balaban J connectivity index is 2.74. The van der Waals surface area contributed by atoms with Gasteiger partial charge in [-0.15, -0.1) is 0 Å². The third-order valence-corrected chi connectivity index (χ3v) is 4.79. The number of urea groups is 1. The molecule has 1 fully saturated rings. The minimum absolute atomic E-state index is 0.171. The van der Waals surface area contributed by atoms with E-state index >= 15 is 0 Å². The first-order chi connectivity index (χ1) is 8.49. The van der Waals surface area contributed by atoms with Crippen LogP contribution >= 0.6 is 0 Å². The lowest BCUT2D eigenvalue weighted by molar-refractivity contribution is -0.150. The second-order valence-electron chi connectivity index (χ2n) is 6.84. The van der Waals surface area contributed by atoms with E-state index in [9.17, 15) is 14.7 Å². The molecule has 2 unspecified atom stereocenters. The maximum absolute atomic E-state index is 12.2. The molecule has 0 aromatic carbocycles. The molecule has 0 saturated carbocycles. The van der Waals surface area contributed by atoms with E-state index in [4.69, 9.17) is 0 Å². The summed E-state index contributed by atoms with van der Waals surface area (Å²) in [6, 6.07) is -0.171. The van der Waals surface area contributed by atoms with E-state index in [0.29, 0.717) is 11.8 Å². The van der Waals surface area contributed by atoms with E-state index in [2.05, 4.69) is 19.2 Å². The molecule has 0 bridgehead atoms. The lowest BCUT2D eigenvalue weighted by Gasteiger charge is -2.39. The van der Waals surface area contributed by atoms with Crippen LogP contribution in [0.1, 0.15) is 41.5 Å². The molecule has 0 spiro atoms. The average molecular weight is 270 g/mol. The first-order valence-corrected chi connectivity index (χ1v) is 6.79. The second kappa shape index (κ2) is 5.02. The van der Waals surface area contributed by atoms with Crippen LogP contribution in [0.2, 0.25) is 0 Å². The smallest absolute Gasteiger partial charge is 0.317 e. The Morgan fingerprint density at radius 2 is 1.53 bits per heavy atom. The van der Waals surface area contributed by atoms with Gasteiger partial charge in [-0.25, -0.2) is 4.79 Å². The number of carboxylic acid groups (broad SMARTS) is 1. The summed E-state index contributed by atoms with van der Waals surface area (Å²) >= 11 is 0. The topological polar surface area (TPSA) is 69.6 Å². The number of nitrogens with zero attached hydrogens (tertiary/aromatic N) is 1. The van der Waals surface area contributed by atoms with Gasteiger partial charge in [0.15, 0.2) is 0 Å². The molecule has 1 aliphatic heterocycles. The fourth-order valence-corrected chi connectivity index (χ4v) is 2.07. The standard InChI is InChI=1S/C14H26N2O3/c1-9-7-16(8-10(9)2)12(19)15-14(5,6)13(3,4)11(17)18/h9-10H,7-8H2,1-6H3,(H,15,19)(H,17,18). The Bertz CT molecular complexity index is 367. The van der Waals surface area contributed by atoms with Gasteiger partial charge in [0, 0.05) is 13.1 Å². The Kier molecular flexibility index (Phi) is 4.17. The monoisotopic (exact) mass is 270 g/mol. The summed E-state index contributed by atoms with van der Waals surface area (Å²) < 4.78 is 0. The van der Waals surface area contributed by atoms with Crippen molar-refractivity contribution in [3.63, 3.8) is 0 Å². The van der Waals surface area contributed by atoms with Crippen LogP contribution in [0.5, 0.6) is 0 Å². The lowest BCUT2D eigenvalue weighted by atomic mass is 9.74. The zero-order chi connectivity index (χ0) is 15.0. The first-order valence-electron chi connectivity index (χ1n) is 6.79. The largest absolute Gasteiger partial charge is 0.481 e. The number of nitrogens with one attached hydrogen (secondary N) is 1. The Morgan fingerprint density at radius 3 is 1.89 bits per heavy atom. The number of likely N-dealkylation sites (tertiary alicyclic amines) is 1. The van der Waals surface area contributed by atoms with Crippen molar-refractivity contribution in [3.8, 4) is 0 Å². The van der Waals surface area contributed by atoms with Crippen LogP contribution in [0, 0.1) is 17.3 Å². The van der Waals surface area contributed by atoms with E-state index in [0.717, 1.165) is 13.1 Å². The van der Waals surface area contributed by atoms with Gasteiger partial charge in [-0.3, -0.25) is 4.79 Å². The second-order valence-corrected chi connectivity index (χ2v) is 6.84. The highest BCUT2D eigenvalue weighted by atomic mass is 16.4. The van der Waals surface area contributed by atoms with Crippen molar-refractivity contribution in [2.24, 2.45) is 17.3 Å². The molecular weight excluding hydrogens is 244 g/mol. The number of rotatable bonds is 3.